The van der Waals surface area contributed by atoms with Crippen LogP contribution in [0.3, 0.4) is 0 Å². The second kappa shape index (κ2) is 10.8. The molecule has 1 aliphatic heterocycles. The van der Waals surface area contributed by atoms with Crippen molar-refractivity contribution < 1.29 is 13.9 Å². The number of nitrogens with one attached hydrogen (secondary N) is 1. The van der Waals surface area contributed by atoms with E-state index in [0.717, 1.165) is 80.0 Å². The van der Waals surface area contributed by atoms with Gasteiger partial charge < -0.3 is 24.9 Å². The Kier molecular flexibility index (Phi) is 6.85. The standard InChI is InChI=1S/C29H31ClN8O3/c1-39-23-15-18(30)14-22-26(23)41-29(35-22)34-19-4-2-17(3-5-19)25-24-27(31)32-16-33-28(24)38(36-25)21-8-6-20(7-9-21)37-10-12-40-13-11-37/h2-5,14-16,20-21H,6-13H2,1H3,(H,34,35)(H2,31,32,33)/t20-,21-. The van der Waals surface area contributed by atoms with E-state index in [-0.39, 0.29) is 6.04 Å². The van der Waals surface area contributed by atoms with E-state index in [2.05, 4.69) is 29.9 Å². The van der Waals surface area contributed by atoms with Crippen LogP contribution in [0.15, 0.2) is 47.1 Å². The molecule has 41 heavy (non-hydrogen) atoms. The molecule has 0 amide bonds. The van der Waals surface area contributed by atoms with Gasteiger partial charge in [0.25, 0.3) is 6.01 Å². The van der Waals surface area contributed by atoms with Crippen LogP contribution in [0.25, 0.3) is 33.4 Å². The van der Waals surface area contributed by atoms with Gasteiger partial charge in [0.1, 0.15) is 23.4 Å². The first kappa shape index (κ1) is 26.0. The zero-order chi connectivity index (χ0) is 27.9. The van der Waals surface area contributed by atoms with Gasteiger partial charge in [-0.25, -0.2) is 14.6 Å². The number of hydrogen-bond donors (Lipinski definition) is 2. The fraction of sp³-hybridized carbons (Fsp3) is 0.379. The summed E-state index contributed by atoms with van der Waals surface area (Å²) in [7, 11) is 1.57. The molecule has 3 N–H and O–H groups in total. The second-order valence-corrected chi connectivity index (χ2v) is 11.0. The molecule has 5 aromatic rings. The Morgan fingerprint density at radius 3 is 2.54 bits per heavy atom. The summed E-state index contributed by atoms with van der Waals surface area (Å²) in [4.78, 5) is 16.0. The second-order valence-electron chi connectivity index (χ2n) is 10.5. The number of morpholine rings is 1. The van der Waals surface area contributed by atoms with Crippen LogP contribution in [0.2, 0.25) is 5.02 Å². The number of rotatable bonds is 6. The van der Waals surface area contributed by atoms with E-state index >= 15 is 0 Å². The van der Waals surface area contributed by atoms with Gasteiger partial charge in [-0.1, -0.05) is 23.7 Å². The molecule has 1 aliphatic carbocycles. The Labute approximate surface area is 241 Å². The Hall–Kier alpha value is -3.93. The largest absolute Gasteiger partial charge is 0.493 e. The van der Waals surface area contributed by atoms with Crippen LogP contribution in [-0.2, 0) is 4.74 Å². The molecule has 4 heterocycles. The van der Waals surface area contributed by atoms with Crippen LogP contribution >= 0.6 is 11.6 Å². The predicted octanol–water partition coefficient (Wildman–Crippen LogP) is 5.44. The van der Waals surface area contributed by atoms with E-state index in [1.54, 1.807) is 19.2 Å². The lowest BCUT2D eigenvalue weighted by Gasteiger charge is -2.38. The van der Waals surface area contributed by atoms with Crippen molar-refractivity contribution in [3.63, 3.8) is 0 Å². The molecule has 0 unspecified atom stereocenters. The average Bonchev–Trinajstić information content (AvgIpc) is 3.60. The number of hydrogen-bond acceptors (Lipinski definition) is 10. The van der Waals surface area contributed by atoms with Crippen molar-refractivity contribution in [1.82, 2.24) is 29.6 Å². The number of halogens is 1. The third-order valence-corrected chi connectivity index (χ3v) is 8.36. The lowest BCUT2D eigenvalue weighted by Crippen LogP contribution is -2.45. The number of benzene rings is 2. The van der Waals surface area contributed by atoms with Gasteiger partial charge >= 0.3 is 0 Å². The summed E-state index contributed by atoms with van der Waals surface area (Å²) < 4.78 is 18.9. The number of nitrogen functional groups attached to an aromatic ring is 1. The fourth-order valence-electron chi connectivity index (χ4n) is 6.07. The minimum Gasteiger partial charge on any atom is -0.493 e. The van der Waals surface area contributed by atoms with Crippen molar-refractivity contribution in [1.29, 1.82) is 0 Å². The molecular formula is C29H31ClN8O3. The van der Waals surface area contributed by atoms with E-state index in [4.69, 9.17) is 36.3 Å². The van der Waals surface area contributed by atoms with Crippen molar-refractivity contribution in [2.24, 2.45) is 0 Å². The van der Waals surface area contributed by atoms with Crippen molar-refractivity contribution >= 4 is 51.3 Å². The first-order chi connectivity index (χ1) is 20.1. The molecule has 212 valence electrons. The minimum atomic E-state index is 0.267. The summed E-state index contributed by atoms with van der Waals surface area (Å²) in [5, 5.41) is 9.60. The van der Waals surface area contributed by atoms with Crippen LogP contribution in [0.1, 0.15) is 31.7 Å². The number of aromatic nitrogens is 5. The summed E-state index contributed by atoms with van der Waals surface area (Å²) in [6.07, 6.45) is 5.89. The van der Waals surface area contributed by atoms with Crippen LogP contribution < -0.4 is 15.8 Å². The summed E-state index contributed by atoms with van der Waals surface area (Å²) in [5.74, 6) is 0.958. The van der Waals surface area contributed by atoms with Crippen LogP contribution in [0.4, 0.5) is 17.5 Å². The lowest BCUT2D eigenvalue weighted by molar-refractivity contribution is 0.00520. The van der Waals surface area contributed by atoms with Crippen LogP contribution in [0, 0.1) is 0 Å². The molecular weight excluding hydrogens is 544 g/mol. The highest BCUT2D eigenvalue weighted by Crippen LogP contribution is 2.38. The molecule has 1 saturated carbocycles. The van der Waals surface area contributed by atoms with Gasteiger partial charge in [-0.15, -0.1) is 0 Å². The Morgan fingerprint density at radius 1 is 1.02 bits per heavy atom. The minimum absolute atomic E-state index is 0.267. The van der Waals surface area contributed by atoms with E-state index in [9.17, 15) is 0 Å². The highest BCUT2D eigenvalue weighted by Gasteiger charge is 2.30. The fourth-order valence-corrected chi connectivity index (χ4v) is 6.27. The Bertz CT molecular complexity index is 1690. The summed E-state index contributed by atoms with van der Waals surface area (Å²) in [6, 6.07) is 12.5. The van der Waals surface area contributed by atoms with Crippen molar-refractivity contribution in [3.05, 3.63) is 47.7 Å². The smallest absolute Gasteiger partial charge is 0.300 e. The Balaban J connectivity index is 1.13. The van der Waals surface area contributed by atoms with E-state index in [0.29, 0.717) is 39.7 Å². The molecule has 0 spiro atoms. The van der Waals surface area contributed by atoms with Gasteiger partial charge in [0.2, 0.25) is 0 Å². The SMILES string of the molecule is COc1cc(Cl)cc2nc(Nc3ccc(-c4nn([C@H]5CC[C@H](N6CCOCC6)CC5)c5ncnc(N)c45)cc3)oc12. The maximum atomic E-state index is 6.38. The van der Waals surface area contributed by atoms with Gasteiger partial charge in [0.05, 0.1) is 31.8 Å². The van der Waals surface area contributed by atoms with Crippen molar-refractivity contribution in [2.75, 3.05) is 44.5 Å². The molecule has 0 radical (unpaired) electrons. The number of anilines is 3. The maximum absolute atomic E-state index is 6.38. The highest BCUT2D eigenvalue weighted by molar-refractivity contribution is 6.31. The van der Waals surface area contributed by atoms with Crippen LogP contribution in [-0.4, -0.2) is 69.1 Å². The zero-order valence-electron chi connectivity index (χ0n) is 22.7. The predicted molar refractivity (Wildman–Crippen MR) is 158 cm³/mol. The van der Waals surface area contributed by atoms with Gasteiger partial charge in [0, 0.05) is 41.5 Å². The van der Waals surface area contributed by atoms with Crippen molar-refractivity contribution in [3.8, 4) is 17.0 Å². The molecule has 0 bridgehead atoms. The summed E-state index contributed by atoms with van der Waals surface area (Å²) in [5.41, 5.74) is 10.8. The van der Waals surface area contributed by atoms with Gasteiger partial charge in [-0.05, 0) is 43.9 Å². The molecule has 0 atom stereocenters. The van der Waals surface area contributed by atoms with Gasteiger partial charge in [-0.3, -0.25) is 4.90 Å². The molecule has 11 nitrogen and oxygen atoms in total. The molecule has 7 rings (SSSR count). The quantitative estimate of drug-likeness (QED) is 0.270. The number of fused-ring (bicyclic) bond motifs is 2. The first-order valence-corrected chi connectivity index (χ1v) is 14.3. The van der Waals surface area contributed by atoms with Gasteiger partial charge in [0.15, 0.2) is 17.0 Å². The molecule has 3 aromatic heterocycles. The molecule has 1 saturated heterocycles. The number of nitrogens with zero attached hydrogens (tertiary/aromatic N) is 6. The van der Waals surface area contributed by atoms with E-state index < -0.39 is 0 Å². The number of oxazole rings is 1. The number of ether oxygens (including phenoxy) is 2. The number of methoxy groups -OCH3 is 1. The summed E-state index contributed by atoms with van der Waals surface area (Å²) >= 11 is 6.18. The molecule has 2 aliphatic rings. The van der Waals surface area contributed by atoms with E-state index in [1.165, 1.54) is 6.33 Å². The molecule has 2 fully saturated rings. The zero-order valence-corrected chi connectivity index (χ0v) is 23.5. The topological polar surface area (TPSA) is 129 Å². The number of nitrogens with two attached hydrogens (primary N) is 1. The normalized spacial score (nSPS) is 20.0. The maximum Gasteiger partial charge on any atom is 0.300 e. The van der Waals surface area contributed by atoms with Gasteiger partial charge in [-0.2, -0.15) is 10.1 Å². The third kappa shape index (κ3) is 4.94. The first-order valence-electron chi connectivity index (χ1n) is 13.9. The van der Waals surface area contributed by atoms with Crippen molar-refractivity contribution in [2.45, 2.75) is 37.8 Å². The van der Waals surface area contributed by atoms with Crippen LogP contribution in [0.5, 0.6) is 5.75 Å². The summed E-state index contributed by atoms with van der Waals surface area (Å²) in [6.45, 7) is 3.70. The lowest BCUT2D eigenvalue weighted by atomic mass is 9.90. The molecule has 12 heteroatoms. The molecule has 2 aromatic carbocycles. The average molecular weight is 575 g/mol. The third-order valence-electron chi connectivity index (χ3n) is 8.14. The highest BCUT2D eigenvalue weighted by atomic mass is 35.5. The van der Waals surface area contributed by atoms with E-state index in [1.807, 2.05) is 24.3 Å². The Morgan fingerprint density at radius 2 is 1.78 bits per heavy atom. The monoisotopic (exact) mass is 574 g/mol.